The van der Waals surface area contributed by atoms with Gasteiger partial charge in [-0.3, -0.25) is 0 Å². The molecule has 2 aromatic carbocycles. The highest BCUT2D eigenvalue weighted by Crippen LogP contribution is 2.22. The van der Waals surface area contributed by atoms with Crippen LogP contribution in [0, 0.1) is 0 Å². The van der Waals surface area contributed by atoms with Crippen molar-refractivity contribution in [1.82, 2.24) is 15.0 Å². The lowest BCUT2D eigenvalue weighted by Crippen LogP contribution is -2.31. The summed E-state index contributed by atoms with van der Waals surface area (Å²) in [5, 5.41) is 8.45. The summed E-state index contributed by atoms with van der Waals surface area (Å²) in [6, 6.07) is 15.1. The number of hydrogen-bond donors (Lipinski definition) is 2. The minimum Gasteiger partial charge on any atom is -0.341 e. The topological polar surface area (TPSA) is 78.3 Å². The summed E-state index contributed by atoms with van der Waals surface area (Å²) in [5.41, 5.74) is 4.61. The molecular weight excluding hydrogens is 421 g/mol. The van der Waals surface area contributed by atoms with Crippen LogP contribution in [0.25, 0.3) is 0 Å². The third-order valence-corrected chi connectivity index (χ3v) is 5.35. The lowest BCUT2D eigenvalue weighted by atomic mass is 10.1. The smallest absolute Gasteiger partial charge is 0.250 e. The molecule has 0 atom stereocenters. The lowest BCUT2D eigenvalue weighted by molar-refractivity contribution is 0.568. The van der Waals surface area contributed by atoms with E-state index in [4.69, 9.17) is 23.2 Å². The van der Waals surface area contributed by atoms with Gasteiger partial charge in [0.1, 0.15) is 0 Å². The van der Waals surface area contributed by atoms with E-state index in [9.17, 15) is 0 Å². The number of nitrogens with zero attached hydrogens (tertiary/aromatic N) is 5. The predicted molar refractivity (Wildman–Crippen MR) is 123 cm³/mol. The Morgan fingerprint density at radius 1 is 0.867 bits per heavy atom. The summed E-state index contributed by atoms with van der Waals surface area (Å²) in [4.78, 5) is 15.8. The number of anilines is 4. The zero-order valence-electron chi connectivity index (χ0n) is 16.2. The van der Waals surface area contributed by atoms with Crippen molar-refractivity contribution in [2.45, 2.75) is 19.3 Å². The van der Waals surface area contributed by atoms with Crippen molar-refractivity contribution in [2.24, 2.45) is 5.10 Å². The fourth-order valence-electron chi connectivity index (χ4n) is 3.11. The maximum atomic E-state index is 6.05. The van der Waals surface area contributed by atoms with Crippen molar-refractivity contribution in [3.05, 3.63) is 64.1 Å². The first-order valence-corrected chi connectivity index (χ1v) is 10.5. The van der Waals surface area contributed by atoms with E-state index in [2.05, 4.69) is 35.7 Å². The third kappa shape index (κ3) is 5.37. The molecule has 1 saturated heterocycles. The normalized spacial score (nSPS) is 14.1. The SMILES string of the molecule is Clc1ccc(/C=N/Nc2nc(Nc3ccccc3)nc(N3CCCCC3)n2)cc1Cl. The van der Waals surface area contributed by atoms with Crippen molar-refractivity contribution >= 4 is 52.9 Å². The van der Waals surface area contributed by atoms with Gasteiger partial charge >= 0.3 is 0 Å². The Morgan fingerprint density at radius 2 is 1.63 bits per heavy atom. The summed E-state index contributed by atoms with van der Waals surface area (Å²) < 4.78 is 0. The van der Waals surface area contributed by atoms with E-state index in [-0.39, 0.29) is 0 Å². The molecule has 0 radical (unpaired) electrons. The van der Waals surface area contributed by atoms with Gasteiger partial charge in [0.05, 0.1) is 16.3 Å². The Bertz CT molecular complexity index is 1020. The zero-order valence-corrected chi connectivity index (χ0v) is 17.7. The Balaban J connectivity index is 1.56. The molecule has 4 rings (SSSR count). The molecule has 0 spiro atoms. The van der Waals surface area contributed by atoms with Gasteiger partial charge in [-0.25, -0.2) is 5.43 Å². The maximum absolute atomic E-state index is 6.05. The van der Waals surface area contributed by atoms with Crippen molar-refractivity contribution < 1.29 is 0 Å². The van der Waals surface area contributed by atoms with Gasteiger partial charge in [-0.15, -0.1) is 0 Å². The van der Waals surface area contributed by atoms with Crippen LogP contribution in [-0.4, -0.2) is 34.3 Å². The third-order valence-electron chi connectivity index (χ3n) is 4.61. The van der Waals surface area contributed by atoms with Crippen LogP contribution in [0.1, 0.15) is 24.8 Å². The Morgan fingerprint density at radius 3 is 2.40 bits per heavy atom. The number of para-hydroxylation sites is 1. The molecule has 154 valence electrons. The van der Waals surface area contributed by atoms with Gasteiger partial charge in [0.15, 0.2) is 0 Å². The molecule has 1 aromatic heterocycles. The Hall–Kier alpha value is -2.90. The van der Waals surface area contributed by atoms with E-state index in [0.29, 0.717) is 27.9 Å². The molecule has 1 aliphatic rings. The van der Waals surface area contributed by atoms with Crippen LogP contribution in [0.4, 0.5) is 23.5 Å². The monoisotopic (exact) mass is 441 g/mol. The molecule has 0 bridgehead atoms. The van der Waals surface area contributed by atoms with Crippen molar-refractivity contribution in [3.63, 3.8) is 0 Å². The number of benzene rings is 2. The highest BCUT2D eigenvalue weighted by Gasteiger charge is 2.16. The Labute approximate surface area is 185 Å². The number of hydrazone groups is 1. The first-order chi connectivity index (χ1) is 14.7. The maximum Gasteiger partial charge on any atom is 0.250 e. The average molecular weight is 442 g/mol. The molecule has 0 saturated carbocycles. The molecule has 30 heavy (non-hydrogen) atoms. The highest BCUT2D eigenvalue weighted by molar-refractivity contribution is 6.42. The minimum absolute atomic E-state index is 0.361. The molecule has 2 heterocycles. The van der Waals surface area contributed by atoms with Crippen LogP contribution in [0.2, 0.25) is 10.0 Å². The summed E-state index contributed by atoms with van der Waals surface area (Å²) >= 11 is 12.0. The number of rotatable bonds is 6. The van der Waals surface area contributed by atoms with Gasteiger partial charge in [0.2, 0.25) is 17.8 Å². The van der Waals surface area contributed by atoms with E-state index >= 15 is 0 Å². The molecule has 2 N–H and O–H groups in total. The van der Waals surface area contributed by atoms with Crippen LogP contribution >= 0.6 is 23.2 Å². The second kappa shape index (κ2) is 9.73. The number of hydrogen-bond acceptors (Lipinski definition) is 7. The fourth-order valence-corrected chi connectivity index (χ4v) is 3.42. The molecule has 0 aliphatic carbocycles. The summed E-state index contributed by atoms with van der Waals surface area (Å²) in [7, 11) is 0. The number of halogens is 2. The second-order valence-electron chi connectivity index (χ2n) is 6.86. The van der Waals surface area contributed by atoms with E-state index in [0.717, 1.165) is 37.2 Å². The van der Waals surface area contributed by atoms with Gasteiger partial charge < -0.3 is 10.2 Å². The largest absolute Gasteiger partial charge is 0.341 e. The number of piperidine rings is 1. The van der Waals surface area contributed by atoms with E-state index < -0.39 is 0 Å². The minimum atomic E-state index is 0.361. The van der Waals surface area contributed by atoms with Crippen molar-refractivity contribution in [2.75, 3.05) is 28.7 Å². The van der Waals surface area contributed by atoms with Crippen LogP contribution in [-0.2, 0) is 0 Å². The van der Waals surface area contributed by atoms with E-state index in [1.54, 1.807) is 18.3 Å². The molecule has 1 aliphatic heterocycles. The fraction of sp³-hybridized carbons (Fsp3) is 0.238. The van der Waals surface area contributed by atoms with Crippen LogP contribution < -0.4 is 15.6 Å². The van der Waals surface area contributed by atoms with Gasteiger partial charge in [-0.05, 0) is 49.1 Å². The quantitative estimate of drug-likeness (QED) is 0.395. The molecular formula is C21H21Cl2N7. The molecule has 9 heteroatoms. The van der Waals surface area contributed by atoms with Crippen LogP contribution in [0.15, 0.2) is 53.6 Å². The molecule has 0 unspecified atom stereocenters. The van der Waals surface area contributed by atoms with Crippen molar-refractivity contribution in [1.29, 1.82) is 0 Å². The first kappa shape index (κ1) is 20.4. The standard InChI is InChI=1S/C21H21Cl2N7/c22-17-10-9-15(13-18(17)23)14-24-29-20-26-19(25-16-7-3-1-4-8-16)27-21(28-20)30-11-5-2-6-12-30/h1,3-4,7-10,13-14H,2,5-6,11-12H2,(H2,25,26,27,28,29)/b24-14+. The second-order valence-corrected chi connectivity index (χ2v) is 7.68. The number of aromatic nitrogens is 3. The summed E-state index contributed by atoms with van der Waals surface area (Å²) in [5.74, 6) is 1.46. The Kier molecular flexibility index (Phi) is 6.61. The predicted octanol–water partition coefficient (Wildman–Crippen LogP) is 5.36. The lowest BCUT2D eigenvalue weighted by Gasteiger charge is -2.26. The van der Waals surface area contributed by atoms with E-state index in [1.807, 2.05) is 36.4 Å². The van der Waals surface area contributed by atoms with Gasteiger partial charge in [-0.2, -0.15) is 20.1 Å². The molecule has 7 nitrogen and oxygen atoms in total. The first-order valence-electron chi connectivity index (χ1n) is 9.74. The average Bonchev–Trinajstić information content (AvgIpc) is 2.77. The van der Waals surface area contributed by atoms with Gasteiger partial charge in [-0.1, -0.05) is 47.5 Å². The summed E-state index contributed by atoms with van der Waals surface area (Å²) in [6.45, 7) is 1.86. The molecule has 3 aromatic rings. The van der Waals surface area contributed by atoms with E-state index in [1.165, 1.54) is 6.42 Å². The number of nitrogens with one attached hydrogen (secondary N) is 2. The highest BCUT2D eigenvalue weighted by atomic mass is 35.5. The van der Waals surface area contributed by atoms with Crippen molar-refractivity contribution in [3.8, 4) is 0 Å². The zero-order chi connectivity index (χ0) is 20.8. The van der Waals surface area contributed by atoms with Crippen LogP contribution in [0.3, 0.4) is 0 Å². The van der Waals surface area contributed by atoms with Crippen LogP contribution in [0.5, 0.6) is 0 Å². The van der Waals surface area contributed by atoms with Gasteiger partial charge in [0.25, 0.3) is 0 Å². The molecule has 0 amide bonds. The van der Waals surface area contributed by atoms with Gasteiger partial charge in [0, 0.05) is 18.8 Å². The summed E-state index contributed by atoms with van der Waals surface area (Å²) in [6.07, 6.45) is 5.13. The molecule has 1 fully saturated rings.